The van der Waals surface area contributed by atoms with E-state index < -0.39 is 5.97 Å². The highest BCUT2D eigenvalue weighted by molar-refractivity contribution is 5.96. The van der Waals surface area contributed by atoms with E-state index in [0.29, 0.717) is 23.4 Å². The maximum absolute atomic E-state index is 11.2. The summed E-state index contributed by atoms with van der Waals surface area (Å²) < 4.78 is 10.2. The van der Waals surface area contributed by atoms with E-state index in [0.717, 1.165) is 0 Å². The van der Waals surface area contributed by atoms with E-state index in [1.807, 2.05) is 0 Å². The minimum absolute atomic E-state index is 0.0566. The van der Waals surface area contributed by atoms with E-state index >= 15 is 0 Å². The van der Waals surface area contributed by atoms with Gasteiger partial charge in [0, 0.05) is 5.56 Å². The number of methoxy groups -OCH3 is 1. The summed E-state index contributed by atoms with van der Waals surface area (Å²) in [6.45, 7) is 0. The summed E-state index contributed by atoms with van der Waals surface area (Å²) in [7, 11) is 1.46. The van der Waals surface area contributed by atoms with Crippen LogP contribution in [-0.4, -0.2) is 24.5 Å². The lowest BCUT2D eigenvalue weighted by molar-refractivity contribution is 0.0697. The molecule has 0 radical (unpaired) electrons. The van der Waals surface area contributed by atoms with Crippen molar-refractivity contribution in [2.75, 3.05) is 7.11 Å². The van der Waals surface area contributed by atoms with Crippen LogP contribution in [0.3, 0.4) is 0 Å². The monoisotopic (exact) mass is 246 g/mol. The van der Waals surface area contributed by atoms with E-state index in [2.05, 4.69) is 0 Å². The van der Waals surface area contributed by atoms with Gasteiger partial charge in [-0.25, -0.2) is 4.79 Å². The molecule has 0 amide bonds. The average molecular weight is 246 g/mol. The number of carbonyl (C=O) groups is 2. The summed E-state index contributed by atoms with van der Waals surface area (Å²) in [6.07, 6.45) is 0.563. The Balaban J connectivity index is 2.55. The van der Waals surface area contributed by atoms with E-state index in [1.54, 1.807) is 18.2 Å². The second-order valence-corrected chi connectivity index (χ2v) is 3.54. The number of benzene rings is 1. The van der Waals surface area contributed by atoms with Crippen LogP contribution in [0.4, 0.5) is 0 Å². The zero-order valence-corrected chi connectivity index (χ0v) is 9.54. The Morgan fingerprint density at radius 2 is 2.11 bits per heavy atom. The standard InChI is InChI=1S/C13H10O5/c1-17-8-2-4-10(11(6-8)13(15)16)12-5-3-9(7-14)18-12/h2-7H,1H3,(H,15,16). The fourth-order valence-corrected chi connectivity index (χ4v) is 1.60. The van der Waals surface area contributed by atoms with Crippen molar-refractivity contribution in [1.29, 1.82) is 0 Å². The Labute approximate surface area is 103 Å². The smallest absolute Gasteiger partial charge is 0.336 e. The number of carboxylic acid groups (broad SMARTS) is 1. The van der Waals surface area contributed by atoms with Crippen LogP contribution in [0, 0.1) is 0 Å². The number of aromatic carboxylic acids is 1. The number of ether oxygens (including phenoxy) is 1. The van der Waals surface area contributed by atoms with Crippen molar-refractivity contribution in [3.63, 3.8) is 0 Å². The van der Waals surface area contributed by atoms with Gasteiger partial charge in [-0.05, 0) is 30.3 Å². The number of carbonyl (C=O) groups excluding carboxylic acids is 1. The molecule has 18 heavy (non-hydrogen) atoms. The minimum Gasteiger partial charge on any atom is -0.497 e. The fraction of sp³-hybridized carbons (Fsp3) is 0.0769. The van der Waals surface area contributed by atoms with Gasteiger partial charge in [-0.3, -0.25) is 4.79 Å². The fourth-order valence-electron chi connectivity index (χ4n) is 1.60. The first-order valence-corrected chi connectivity index (χ1v) is 5.12. The molecule has 5 nitrogen and oxygen atoms in total. The molecule has 0 spiro atoms. The topological polar surface area (TPSA) is 76.7 Å². The van der Waals surface area contributed by atoms with Crippen molar-refractivity contribution < 1.29 is 23.8 Å². The molecule has 0 atom stereocenters. The molecule has 0 unspecified atom stereocenters. The lowest BCUT2D eigenvalue weighted by Crippen LogP contribution is -2.00. The lowest BCUT2D eigenvalue weighted by atomic mass is 10.1. The SMILES string of the molecule is COc1ccc(-c2ccc(C=O)o2)c(C(=O)O)c1. The van der Waals surface area contributed by atoms with Crippen LogP contribution in [0.15, 0.2) is 34.7 Å². The molecular weight excluding hydrogens is 236 g/mol. The molecule has 0 aliphatic rings. The maximum atomic E-state index is 11.2. The highest BCUT2D eigenvalue weighted by atomic mass is 16.5. The third-order valence-corrected chi connectivity index (χ3v) is 2.47. The molecule has 2 aromatic rings. The van der Waals surface area contributed by atoms with Crippen LogP contribution in [0.1, 0.15) is 20.9 Å². The second-order valence-electron chi connectivity index (χ2n) is 3.54. The normalized spacial score (nSPS) is 10.1. The van der Waals surface area contributed by atoms with Crippen LogP contribution in [0.25, 0.3) is 11.3 Å². The van der Waals surface area contributed by atoms with Gasteiger partial charge >= 0.3 is 5.97 Å². The summed E-state index contributed by atoms with van der Waals surface area (Å²) in [6, 6.07) is 7.65. The van der Waals surface area contributed by atoms with Crippen molar-refractivity contribution in [3.8, 4) is 17.1 Å². The van der Waals surface area contributed by atoms with E-state index in [4.69, 9.17) is 14.3 Å². The molecule has 0 saturated carbocycles. The molecule has 0 aliphatic heterocycles. The number of hydrogen-bond donors (Lipinski definition) is 1. The molecular formula is C13H10O5. The van der Waals surface area contributed by atoms with Gasteiger partial charge in [0.2, 0.25) is 0 Å². The van der Waals surface area contributed by atoms with Crippen molar-refractivity contribution in [2.45, 2.75) is 0 Å². The Bertz CT molecular complexity index is 597. The molecule has 1 heterocycles. The number of aldehydes is 1. The summed E-state index contributed by atoms with van der Waals surface area (Å²) in [4.78, 5) is 21.7. The molecule has 2 rings (SSSR count). The van der Waals surface area contributed by atoms with Gasteiger partial charge in [-0.15, -0.1) is 0 Å². The third-order valence-electron chi connectivity index (χ3n) is 2.47. The summed E-state index contributed by atoms with van der Waals surface area (Å²) in [5, 5.41) is 9.14. The molecule has 0 bridgehead atoms. The number of furan rings is 1. The zero-order valence-electron chi connectivity index (χ0n) is 9.54. The first kappa shape index (κ1) is 11.9. The summed E-state index contributed by atoms with van der Waals surface area (Å²) in [5.74, 6) is -0.166. The predicted molar refractivity (Wildman–Crippen MR) is 63.0 cm³/mol. The van der Waals surface area contributed by atoms with Gasteiger partial charge in [0.1, 0.15) is 11.5 Å². The molecule has 0 aliphatic carbocycles. The Morgan fingerprint density at radius 1 is 1.33 bits per heavy atom. The highest BCUT2D eigenvalue weighted by Crippen LogP contribution is 2.28. The van der Waals surface area contributed by atoms with Crippen LogP contribution in [0.5, 0.6) is 5.75 Å². The molecule has 0 saturated heterocycles. The van der Waals surface area contributed by atoms with Crippen LogP contribution >= 0.6 is 0 Å². The van der Waals surface area contributed by atoms with E-state index in [-0.39, 0.29) is 11.3 Å². The quantitative estimate of drug-likeness (QED) is 0.838. The van der Waals surface area contributed by atoms with Crippen molar-refractivity contribution >= 4 is 12.3 Å². The molecule has 92 valence electrons. The largest absolute Gasteiger partial charge is 0.497 e. The van der Waals surface area contributed by atoms with Gasteiger partial charge in [0.15, 0.2) is 12.0 Å². The van der Waals surface area contributed by atoms with Crippen LogP contribution < -0.4 is 4.74 Å². The second kappa shape index (κ2) is 4.75. The van der Waals surface area contributed by atoms with Gasteiger partial charge in [-0.2, -0.15) is 0 Å². The predicted octanol–water partition coefficient (Wildman–Crippen LogP) is 2.47. The van der Waals surface area contributed by atoms with Gasteiger partial charge < -0.3 is 14.3 Å². The van der Waals surface area contributed by atoms with Crippen LogP contribution in [0.2, 0.25) is 0 Å². The van der Waals surface area contributed by atoms with Gasteiger partial charge in [-0.1, -0.05) is 0 Å². The van der Waals surface area contributed by atoms with E-state index in [1.165, 1.54) is 19.2 Å². The summed E-state index contributed by atoms with van der Waals surface area (Å²) in [5.41, 5.74) is 0.456. The average Bonchev–Trinajstić information content (AvgIpc) is 2.86. The zero-order chi connectivity index (χ0) is 13.1. The van der Waals surface area contributed by atoms with E-state index in [9.17, 15) is 9.59 Å². The Morgan fingerprint density at radius 3 is 2.67 bits per heavy atom. The number of hydrogen-bond acceptors (Lipinski definition) is 4. The van der Waals surface area contributed by atoms with Crippen molar-refractivity contribution in [1.82, 2.24) is 0 Å². The van der Waals surface area contributed by atoms with Gasteiger partial charge in [0.05, 0.1) is 12.7 Å². The highest BCUT2D eigenvalue weighted by Gasteiger charge is 2.15. The number of carboxylic acids is 1. The molecule has 1 aromatic carbocycles. The van der Waals surface area contributed by atoms with Crippen molar-refractivity contribution in [2.24, 2.45) is 0 Å². The lowest BCUT2D eigenvalue weighted by Gasteiger charge is -2.06. The molecule has 1 aromatic heterocycles. The number of rotatable bonds is 4. The van der Waals surface area contributed by atoms with Crippen molar-refractivity contribution in [3.05, 3.63) is 41.7 Å². The third kappa shape index (κ3) is 2.10. The summed E-state index contributed by atoms with van der Waals surface area (Å²) >= 11 is 0. The Hall–Kier alpha value is -2.56. The maximum Gasteiger partial charge on any atom is 0.336 e. The molecule has 1 N–H and O–H groups in total. The molecule has 0 fully saturated rings. The molecule has 5 heteroatoms. The van der Waals surface area contributed by atoms with Gasteiger partial charge in [0.25, 0.3) is 0 Å². The minimum atomic E-state index is -1.09. The first-order chi connectivity index (χ1) is 8.65. The Kier molecular flexibility index (Phi) is 3.14. The van der Waals surface area contributed by atoms with Crippen LogP contribution in [-0.2, 0) is 0 Å². The first-order valence-electron chi connectivity index (χ1n) is 5.12.